The summed E-state index contributed by atoms with van der Waals surface area (Å²) in [4.78, 5) is 0. The van der Waals surface area contributed by atoms with Crippen molar-refractivity contribution in [1.82, 2.24) is 0 Å². The molecule has 0 radical (unpaired) electrons. The lowest BCUT2D eigenvalue weighted by Gasteiger charge is -2.22. The highest BCUT2D eigenvalue weighted by Gasteiger charge is 2.49. The van der Waals surface area contributed by atoms with Gasteiger partial charge in [0.15, 0.2) is 11.5 Å². The molecule has 1 heterocycles. The van der Waals surface area contributed by atoms with Gasteiger partial charge in [0.1, 0.15) is 13.2 Å². The van der Waals surface area contributed by atoms with E-state index in [0.29, 0.717) is 24.5 Å². The first-order valence-corrected chi connectivity index (χ1v) is 7.13. The van der Waals surface area contributed by atoms with E-state index in [1.165, 1.54) is 6.42 Å². The first-order chi connectivity index (χ1) is 8.49. The molecule has 0 amide bonds. The number of halogens is 1. The van der Waals surface area contributed by atoms with Gasteiger partial charge >= 0.3 is 0 Å². The zero-order valence-corrected chi connectivity index (χ0v) is 12.3. The number of ether oxygens (including phenoxy) is 2. The van der Waals surface area contributed by atoms with Gasteiger partial charge in [-0.2, -0.15) is 0 Å². The minimum atomic E-state index is 0.0604. The average molecular weight is 312 g/mol. The number of nitrogens with two attached hydrogens (primary N) is 1. The molecular weight excluding hydrogens is 294 g/mol. The van der Waals surface area contributed by atoms with E-state index in [2.05, 4.69) is 29.8 Å². The van der Waals surface area contributed by atoms with Crippen molar-refractivity contribution >= 4 is 15.9 Å². The van der Waals surface area contributed by atoms with Gasteiger partial charge in [0.05, 0.1) is 0 Å². The van der Waals surface area contributed by atoms with Crippen LogP contribution in [0.15, 0.2) is 16.6 Å². The largest absolute Gasteiger partial charge is 0.486 e. The predicted molar refractivity (Wildman–Crippen MR) is 73.9 cm³/mol. The summed E-state index contributed by atoms with van der Waals surface area (Å²) in [6.45, 7) is 5.76. The summed E-state index contributed by atoms with van der Waals surface area (Å²) in [6.07, 6.45) is 1.19. The van der Waals surface area contributed by atoms with Gasteiger partial charge in [-0.15, -0.1) is 0 Å². The second kappa shape index (κ2) is 4.14. The van der Waals surface area contributed by atoms with Crippen LogP contribution in [-0.4, -0.2) is 13.2 Å². The van der Waals surface area contributed by atoms with Gasteiger partial charge < -0.3 is 15.2 Å². The van der Waals surface area contributed by atoms with Crippen molar-refractivity contribution in [3.05, 3.63) is 22.2 Å². The number of hydrogen-bond donors (Lipinski definition) is 1. The first-order valence-electron chi connectivity index (χ1n) is 6.34. The van der Waals surface area contributed by atoms with Gasteiger partial charge in [-0.1, -0.05) is 29.8 Å². The molecular formula is C14H18BrNO2. The van der Waals surface area contributed by atoms with Gasteiger partial charge in [-0.3, -0.25) is 0 Å². The predicted octanol–water partition coefficient (Wildman–Crippen LogP) is 3.27. The fourth-order valence-corrected chi connectivity index (χ4v) is 3.26. The highest BCUT2D eigenvalue weighted by molar-refractivity contribution is 9.10. The maximum absolute atomic E-state index is 6.38. The second-order valence-corrected chi connectivity index (χ2v) is 6.70. The molecule has 1 aliphatic heterocycles. The lowest BCUT2D eigenvalue weighted by Crippen LogP contribution is -2.19. The molecule has 18 heavy (non-hydrogen) atoms. The van der Waals surface area contributed by atoms with Crippen molar-refractivity contribution in [3.8, 4) is 11.5 Å². The molecule has 3 nitrogen and oxygen atoms in total. The van der Waals surface area contributed by atoms with Crippen LogP contribution in [-0.2, 0) is 0 Å². The van der Waals surface area contributed by atoms with E-state index in [4.69, 9.17) is 15.2 Å². The zero-order valence-electron chi connectivity index (χ0n) is 10.7. The SMILES string of the molecule is CC1(C)CC1C(N)c1cc2c(cc1Br)OCCO2. The Labute approximate surface area is 116 Å². The summed E-state index contributed by atoms with van der Waals surface area (Å²) < 4.78 is 12.2. The topological polar surface area (TPSA) is 44.5 Å². The number of rotatable bonds is 2. The smallest absolute Gasteiger partial charge is 0.162 e. The lowest BCUT2D eigenvalue weighted by molar-refractivity contribution is 0.171. The molecule has 1 aromatic rings. The maximum atomic E-state index is 6.38. The Balaban J connectivity index is 1.92. The van der Waals surface area contributed by atoms with Crippen molar-refractivity contribution in [1.29, 1.82) is 0 Å². The second-order valence-electron chi connectivity index (χ2n) is 5.84. The number of hydrogen-bond acceptors (Lipinski definition) is 3. The fourth-order valence-electron chi connectivity index (χ4n) is 2.67. The van der Waals surface area contributed by atoms with E-state index in [-0.39, 0.29) is 6.04 Å². The Hall–Kier alpha value is -0.740. The van der Waals surface area contributed by atoms with Crippen LogP contribution in [0.3, 0.4) is 0 Å². The van der Waals surface area contributed by atoms with Crippen molar-refractivity contribution < 1.29 is 9.47 Å². The van der Waals surface area contributed by atoms with Gasteiger partial charge in [0.2, 0.25) is 0 Å². The molecule has 1 saturated carbocycles. The van der Waals surface area contributed by atoms with E-state index in [1.807, 2.05) is 12.1 Å². The quantitative estimate of drug-likeness (QED) is 0.911. The molecule has 98 valence electrons. The maximum Gasteiger partial charge on any atom is 0.162 e. The highest BCUT2D eigenvalue weighted by atomic mass is 79.9. The summed E-state index contributed by atoms with van der Waals surface area (Å²) in [5.41, 5.74) is 7.87. The molecule has 3 rings (SSSR count). The lowest BCUT2D eigenvalue weighted by atomic mass is 9.97. The molecule has 2 atom stereocenters. The fraction of sp³-hybridized carbons (Fsp3) is 0.571. The van der Waals surface area contributed by atoms with E-state index in [0.717, 1.165) is 21.5 Å². The van der Waals surface area contributed by atoms with Gasteiger partial charge in [0.25, 0.3) is 0 Å². The van der Waals surface area contributed by atoms with E-state index < -0.39 is 0 Å². The van der Waals surface area contributed by atoms with Crippen LogP contribution >= 0.6 is 15.9 Å². The van der Waals surface area contributed by atoms with Crippen molar-refractivity contribution in [3.63, 3.8) is 0 Å². The van der Waals surface area contributed by atoms with Crippen LogP contribution in [0, 0.1) is 11.3 Å². The molecule has 2 N–H and O–H groups in total. The van der Waals surface area contributed by atoms with Crippen molar-refractivity contribution in [2.45, 2.75) is 26.3 Å². The number of benzene rings is 1. The molecule has 2 unspecified atom stereocenters. The Bertz CT molecular complexity index is 487. The molecule has 1 aromatic carbocycles. The summed E-state index contributed by atoms with van der Waals surface area (Å²) in [5.74, 6) is 2.17. The minimum Gasteiger partial charge on any atom is -0.486 e. The van der Waals surface area contributed by atoms with Crippen LogP contribution < -0.4 is 15.2 Å². The normalized spacial score (nSPS) is 25.7. The van der Waals surface area contributed by atoms with Gasteiger partial charge in [0, 0.05) is 10.5 Å². The summed E-state index contributed by atoms with van der Waals surface area (Å²) >= 11 is 3.59. The minimum absolute atomic E-state index is 0.0604. The van der Waals surface area contributed by atoms with Crippen LogP contribution in [0.5, 0.6) is 11.5 Å². The summed E-state index contributed by atoms with van der Waals surface area (Å²) in [7, 11) is 0. The first kappa shape index (κ1) is 12.3. The molecule has 1 fully saturated rings. The Kier molecular flexibility index (Phi) is 2.83. The third-order valence-corrected chi connectivity index (χ3v) is 4.73. The van der Waals surface area contributed by atoms with E-state index >= 15 is 0 Å². The summed E-state index contributed by atoms with van der Waals surface area (Å²) in [6, 6.07) is 4.06. The number of fused-ring (bicyclic) bond motifs is 1. The van der Waals surface area contributed by atoms with E-state index in [1.54, 1.807) is 0 Å². The third kappa shape index (κ3) is 2.01. The Morgan fingerprint density at radius 2 is 1.83 bits per heavy atom. The van der Waals surface area contributed by atoms with Crippen LogP contribution in [0.1, 0.15) is 31.9 Å². The highest BCUT2D eigenvalue weighted by Crippen LogP contribution is 2.58. The average Bonchev–Trinajstić information content (AvgIpc) is 2.97. The molecule has 4 heteroatoms. The summed E-state index contributed by atoms with van der Waals surface area (Å²) in [5, 5.41) is 0. The Morgan fingerprint density at radius 3 is 2.39 bits per heavy atom. The molecule has 0 spiro atoms. The molecule has 1 aliphatic carbocycles. The molecule has 0 saturated heterocycles. The van der Waals surface area contributed by atoms with Crippen molar-refractivity contribution in [2.24, 2.45) is 17.1 Å². The van der Waals surface area contributed by atoms with Crippen LogP contribution in [0.4, 0.5) is 0 Å². The molecule has 0 bridgehead atoms. The van der Waals surface area contributed by atoms with Crippen molar-refractivity contribution in [2.75, 3.05) is 13.2 Å². The van der Waals surface area contributed by atoms with Crippen LogP contribution in [0.2, 0.25) is 0 Å². The monoisotopic (exact) mass is 311 g/mol. The van der Waals surface area contributed by atoms with Crippen LogP contribution in [0.25, 0.3) is 0 Å². The standard InChI is InChI=1S/C14H18BrNO2/c1-14(2)7-9(14)13(16)8-5-11-12(6-10(8)15)18-4-3-17-11/h5-6,9,13H,3-4,7,16H2,1-2H3. The molecule has 0 aromatic heterocycles. The third-order valence-electron chi connectivity index (χ3n) is 4.04. The molecule has 2 aliphatic rings. The Morgan fingerprint density at radius 1 is 1.28 bits per heavy atom. The zero-order chi connectivity index (χ0) is 12.9. The van der Waals surface area contributed by atoms with Gasteiger partial charge in [-0.05, 0) is 35.4 Å². The van der Waals surface area contributed by atoms with Gasteiger partial charge in [-0.25, -0.2) is 0 Å². The van der Waals surface area contributed by atoms with E-state index in [9.17, 15) is 0 Å².